The van der Waals surface area contributed by atoms with Crippen LogP contribution >= 0.6 is 24.0 Å². The van der Waals surface area contributed by atoms with Gasteiger partial charge in [-0.05, 0) is 49.2 Å². The summed E-state index contributed by atoms with van der Waals surface area (Å²) in [6.07, 6.45) is 2.63. The first-order valence-corrected chi connectivity index (χ1v) is 11.1. The minimum absolute atomic E-state index is 0.0797. The number of aryl methyl sites for hydroxylation is 1. The van der Waals surface area contributed by atoms with Crippen LogP contribution in [0.3, 0.4) is 0 Å². The predicted octanol–water partition coefficient (Wildman–Crippen LogP) is 4.63. The van der Waals surface area contributed by atoms with Crippen LogP contribution in [0.5, 0.6) is 11.5 Å². The third-order valence-corrected chi connectivity index (χ3v) is 5.88. The molecule has 0 spiro atoms. The molecule has 1 aliphatic heterocycles. The highest BCUT2D eigenvalue weighted by Crippen LogP contribution is 2.34. The van der Waals surface area contributed by atoms with Crippen molar-refractivity contribution in [2.45, 2.75) is 20.3 Å². The summed E-state index contributed by atoms with van der Waals surface area (Å²) in [5, 5.41) is 2.79. The Labute approximate surface area is 191 Å². The second-order valence-corrected chi connectivity index (χ2v) is 8.62. The summed E-state index contributed by atoms with van der Waals surface area (Å²) in [6.45, 7) is 4.45. The van der Waals surface area contributed by atoms with Crippen LogP contribution in [0.1, 0.15) is 24.5 Å². The molecule has 1 heterocycles. The lowest BCUT2D eigenvalue weighted by Crippen LogP contribution is -2.28. The Bertz CT molecular complexity index is 1020. The number of thioether (sulfide) groups is 1. The number of anilines is 1. The molecule has 0 unspecified atom stereocenters. The van der Waals surface area contributed by atoms with E-state index < -0.39 is 0 Å². The molecule has 0 aromatic heterocycles. The van der Waals surface area contributed by atoms with E-state index in [9.17, 15) is 9.59 Å². The van der Waals surface area contributed by atoms with Gasteiger partial charge in [-0.2, -0.15) is 0 Å². The summed E-state index contributed by atoms with van der Waals surface area (Å²) >= 11 is 6.60. The quantitative estimate of drug-likeness (QED) is 0.461. The number of benzene rings is 2. The van der Waals surface area contributed by atoms with Crippen molar-refractivity contribution >= 4 is 51.9 Å². The molecule has 0 bridgehead atoms. The Morgan fingerprint density at radius 3 is 2.61 bits per heavy atom. The Hall–Kier alpha value is -2.84. The summed E-state index contributed by atoms with van der Waals surface area (Å²) in [6, 6.07) is 12.8. The molecule has 0 aliphatic carbocycles. The Morgan fingerprint density at radius 1 is 1.19 bits per heavy atom. The first kappa shape index (κ1) is 22.8. The van der Waals surface area contributed by atoms with Gasteiger partial charge in [0.2, 0.25) is 0 Å². The maximum Gasteiger partial charge on any atom is 0.266 e. The lowest BCUT2D eigenvalue weighted by molar-refractivity contribution is -0.122. The van der Waals surface area contributed by atoms with Crippen LogP contribution < -0.4 is 14.8 Å². The molecule has 6 nitrogen and oxygen atoms in total. The molecular formula is C23H24N2O4S2. The number of thiocarbonyl (C=S) groups is 1. The fourth-order valence-electron chi connectivity index (χ4n) is 2.94. The van der Waals surface area contributed by atoms with Crippen LogP contribution in [0.2, 0.25) is 0 Å². The highest BCUT2D eigenvalue weighted by Gasteiger charge is 2.31. The normalized spacial score (nSPS) is 14.8. The van der Waals surface area contributed by atoms with Gasteiger partial charge in [-0.3, -0.25) is 14.5 Å². The van der Waals surface area contributed by atoms with Gasteiger partial charge >= 0.3 is 0 Å². The number of methoxy groups -OCH3 is 1. The van der Waals surface area contributed by atoms with Crippen LogP contribution in [0.25, 0.3) is 6.08 Å². The summed E-state index contributed by atoms with van der Waals surface area (Å²) in [4.78, 5) is 26.9. The van der Waals surface area contributed by atoms with Crippen molar-refractivity contribution in [2.75, 3.05) is 25.6 Å². The maximum atomic E-state index is 12.5. The Morgan fingerprint density at radius 2 is 1.94 bits per heavy atom. The van der Waals surface area contributed by atoms with E-state index >= 15 is 0 Å². The topological polar surface area (TPSA) is 67.9 Å². The van der Waals surface area contributed by atoms with E-state index in [2.05, 4.69) is 5.32 Å². The smallest absolute Gasteiger partial charge is 0.266 e. The van der Waals surface area contributed by atoms with Crippen LogP contribution in [0.15, 0.2) is 47.4 Å². The van der Waals surface area contributed by atoms with Crippen LogP contribution in [0, 0.1) is 6.92 Å². The van der Waals surface area contributed by atoms with Gasteiger partial charge < -0.3 is 14.8 Å². The fraction of sp³-hybridized carbons (Fsp3) is 0.261. The molecule has 1 fully saturated rings. The Balaban J connectivity index is 1.66. The second kappa shape index (κ2) is 10.5. The molecule has 31 heavy (non-hydrogen) atoms. The van der Waals surface area contributed by atoms with E-state index in [4.69, 9.17) is 21.7 Å². The zero-order chi connectivity index (χ0) is 22.4. The van der Waals surface area contributed by atoms with E-state index in [-0.39, 0.29) is 18.4 Å². The minimum Gasteiger partial charge on any atom is -0.493 e. The molecule has 2 aromatic rings. The summed E-state index contributed by atoms with van der Waals surface area (Å²) in [5.41, 5.74) is 2.61. The Kier molecular flexibility index (Phi) is 7.70. The number of nitrogens with one attached hydrogen (secondary N) is 1. The van der Waals surface area contributed by atoms with E-state index in [1.54, 1.807) is 23.1 Å². The van der Waals surface area contributed by atoms with E-state index in [0.29, 0.717) is 33.0 Å². The van der Waals surface area contributed by atoms with Crippen molar-refractivity contribution in [3.8, 4) is 11.5 Å². The number of carbonyl (C=O) groups is 2. The maximum absolute atomic E-state index is 12.5. The third-order valence-electron chi connectivity index (χ3n) is 4.50. The largest absolute Gasteiger partial charge is 0.493 e. The molecule has 162 valence electrons. The molecule has 0 radical (unpaired) electrons. The fourth-order valence-corrected chi connectivity index (χ4v) is 4.25. The standard InChI is InChI=1S/C23H24N2O4S2/c1-4-11-25-22(27)20(31-23(25)30)13-16-7-10-18(19(12-16)28-3)29-14-21(26)24-17-8-5-15(2)6-9-17/h5-10,12-13H,4,11,14H2,1-3H3,(H,24,26)/b20-13-. The molecule has 2 aromatic carbocycles. The summed E-state index contributed by atoms with van der Waals surface area (Å²) < 4.78 is 11.6. The molecule has 1 N–H and O–H groups in total. The average molecular weight is 457 g/mol. The molecule has 0 atom stereocenters. The number of carbonyl (C=O) groups excluding carboxylic acids is 2. The first-order valence-electron chi connectivity index (χ1n) is 9.84. The van der Waals surface area contributed by atoms with E-state index in [1.807, 2.05) is 44.2 Å². The van der Waals surface area contributed by atoms with Gasteiger partial charge in [-0.1, -0.05) is 54.7 Å². The number of rotatable bonds is 8. The number of nitrogens with zero attached hydrogens (tertiary/aromatic N) is 1. The molecule has 1 saturated heterocycles. The predicted molar refractivity (Wildman–Crippen MR) is 128 cm³/mol. The third kappa shape index (κ3) is 5.86. The van der Waals surface area contributed by atoms with E-state index in [0.717, 1.165) is 17.5 Å². The SMILES string of the molecule is CCCN1C(=O)/C(=C/c2ccc(OCC(=O)Nc3ccc(C)cc3)c(OC)c2)SC1=S. The molecular weight excluding hydrogens is 432 g/mol. The average Bonchev–Trinajstić information content (AvgIpc) is 3.02. The van der Waals surface area contributed by atoms with Gasteiger partial charge in [0.15, 0.2) is 18.1 Å². The summed E-state index contributed by atoms with van der Waals surface area (Å²) in [7, 11) is 1.53. The number of amides is 2. The molecule has 0 saturated carbocycles. The van der Waals surface area contributed by atoms with Gasteiger partial charge in [0.05, 0.1) is 12.0 Å². The van der Waals surface area contributed by atoms with Crippen molar-refractivity contribution in [1.82, 2.24) is 4.90 Å². The number of hydrogen-bond donors (Lipinski definition) is 1. The summed E-state index contributed by atoms with van der Waals surface area (Å²) in [5.74, 6) is 0.566. The van der Waals surface area contributed by atoms with Gasteiger partial charge in [0.25, 0.3) is 11.8 Å². The minimum atomic E-state index is -0.269. The zero-order valence-electron chi connectivity index (χ0n) is 17.6. The van der Waals surface area contributed by atoms with Crippen LogP contribution in [-0.4, -0.2) is 41.3 Å². The molecule has 3 rings (SSSR count). The van der Waals surface area contributed by atoms with Crippen molar-refractivity contribution in [3.05, 3.63) is 58.5 Å². The molecule has 2 amide bonds. The zero-order valence-corrected chi connectivity index (χ0v) is 19.3. The van der Waals surface area contributed by atoms with Gasteiger partial charge in [0, 0.05) is 12.2 Å². The number of hydrogen-bond acceptors (Lipinski definition) is 6. The van der Waals surface area contributed by atoms with Crippen molar-refractivity contribution in [3.63, 3.8) is 0 Å². The monoisotopic (exact) mass is 456 g/mol. The first-order chi connectivity index (χ1) is 14.9. The highest BCUT2D eigenvalue weighted by atomic mass is 32.2. The van der Waals surface area contributed by atoms with E-state index in [1.165, 1.54) is 18.9 Å². The number of ether oxygens (including phenoxy) is 2. The van der Waals surface area contributed by atoms with Crippen molar-refractivity contribution in [2.24, 2.45) is 0 Å². The van der Waals surface area contributed by atoms with Gasteiger partial charge in [-0.15, -0.1) is 0 Å². The molecule has 8 heteroatoms. The second-order valence-electron chi connectivity index (χ2n) is 6.95. The lowest BCUT2D eigenvalue weighted by Gasteiger charge is -2.12. The van der Waals surface area contributed by atoms with Crippen molar-refractivity contribution < 1.29 is 19.1 Å². The van der Waals surface area contributed by atoms with Crippen LogP contribution in [0.4, 0.5) is 5.69 Å². The van der Waals surface area contributed by atoms with Crippen LogP contribution in [-0.2, 0) is 9.59 Å². The van der Waals surface area contributed by atoms with Gasteiger partial charge in [-0.25, -0.2) is 0 Å². The van der Waals surface area contributed by atoms with Crippen molar-refractivity contribution in [1.29, 1.82) is 0 Å². The highest BCUT2D eigenvalue weighted by molar-refractivity contribution is 8.26. The lowest BCUT2D eigenvalue weighted by atomic mass is 10.2. The van der Waals surface area contributed by atoms with Gasteiger partial charge in [0.1, 0.15) is 4.32 Å². The molecule has 1 aliphatic rings.